The highest BCUT2D eigenvalue weighted by Gasteiger charge is 2.30. The van der Waals surface area contributed by atoms with Gasteiger partial charge >= 0.3 is 6.18 Å². The molecule has 0 aliphatic carbocycles. The van der Waals surface area contributed by atoms with Gasteiger partial charge in [-0.15, -0.1) is 0 Å². The third kappa shape index (κ3) is 4.81. The topological polar surface area (TPSA) is 73.2 Å². The molecule has 0 spiro atoms. The highest BCUT2D eigenvalue weighted by Crippen LogP contribution is 2.30. The summed E-state index contributed by atoms with van der Waals surface area (Å²) in [6.45, 7) is -0.281. The highest BCUT2D eigenvalue weighted by atomic mass is 19.4. The largest absolute Gasteiger partial charge is 0.495 e. The molecule has 0 bridgehead atoms. The minimum absolute atomic E-state index is 0.213. The van der Waals surface area contributed by atoms with E-state index in [1.165, 1.54) is 31.6 Å². The molecule has 0 aliphatic rings. The average Bonchev–Trinajstić information content (AvgIpc) is 2.69. The summed E-state index contributed by atoms with van der Waals surface area (Å²) in [5.74, 6) is 0.0182. The second-order valence-electron chi connectivity index (χ2n) is 6.06. The monoisotopic (exact) mass is 403 g/mol. The summed E-state index contributed by atoms with van der Waals surface area (Å²) in [6.07, 6.45) is -3.26. The van der Waals surface area contributed by atoms with Crippen molar-refractivity contribution in [2.75, 3.05) is 12.4 Å². The Hall–Kier alpha value is -3.62. The summed E-state index contributed by atoms with van der Waals surface area (Å²) in [6, 6.07) is 12.3. The van der Waals surface area contributed by atoms with Crippen LogP contribution in [-0.2, 0) is 17.5 Å². The number of hydrogen-bond acceptors (Lipinski definition) is 4. The van der Waals surface area contributed by atoms with Gasteiger partial charge < -0.3 is 10.1 Å². The van der Waals surface area contributed by atoms with E-state index in [2.05, 4.69) is 10.3 Å². The summed E-state index contributed by atoms with van der Waals surface area (Å²) >= 11 is 0. The fraction of sp³-hybridized carbons (Fsp3) is 0.150. The van der Waals surface area contributed by atoms with Gasteiger partial charge in [0.25, 0.3) is 5.56 Å². The van der Waals surface area contributed by atoms with Crippen molar-refractivity contribution in [2.45, 2.75) is 12.7 Å². The molecule has 6 nitrogen and oxygen atoms in total. The fourth-order valence-electron chi connectivity index (χ4n) is 2.62. The molecule has 2 aromatic carbocycles. The molecule has 0 atom stereocenters. The lowest BCUT2D eigenvalue weighted by molar-refractivity contribution is -0.137. The van der Waals surface area contributed by atoms with Gasteiger partial charge in [-0.2, -0.15) is 13.2 Å². The Morgan fingerprint density at radius 1 is 1.14 bits per heavy atom. The van der Waals surface area contributed by atoms with Crippen molar-refractivity contribution in [3.8, 4) is 17.0 Å². The van der Waals surface area contributed by atoms with E-state index in [4.69, 9.17) is 4.74 Å². The first-order valence-corrected chi connectivity index (χ1v) is 8.45. The van der Waals surface area contributed by atoms with Crippen molar-refractivity contribution < 1.29 is 22.7 Å². The standard InChI is InChI=1S/C20H16F3N3O3/c1-29-17-5-3-2-4-15(17)25-18(27)11-26-12-24-16(10-19(26)28)13-6-8-14(9-7-13)20(21,22)23/h2-10,12H,11H2,1H3,(H,25,27). The van der Waals surface area contributed by atoms with Gasteiger partial charge in [0.2, 0.25) is 5.91 Å². The third-order valence-corrected chi connectivity index (χ3v) is 4.08. The smallest absolute Gasteiger partial charge is 0.416 e. The van der Waals surface area contributed by atoms with Gasteiger partial charge in [-0.3, -0.25) is 14.2 Å². The fourth-order valence-corrected chi connectivity index (χ4v) is 2.62. The maximum atomic E-state index is 12.6. The van der Waals surface area contributed by atoms with E-state index in [9.17, 15) is 22.8 Å². The summed E-state index contributed by atoms with van der Waals surface area (Å²) < 4.78 is 44.2. The Kier molecular flexibility index (Phi) is 5.67. The normalized spacial score (nSPS) is 11.2. The van der Waals surface area contributed by atoms with Gasteiger partial charge in [0, 0.05) is 11.6 Å². The lowest BCUT2D eigenvalue weighted by Gasteiger charge is -2.11. The van der Waals surface area contributed by atoms with Gasteiger partial charge in [-0.05, 0) is 24.3 Å². The van der Waals surface area contributed by atoms with Crippen LogP contribution in [0.15, 0.2) is 65.7 Å². The molecule has 0 saturated carbocycles. The number of alkyl halides is 3. The zero-order chi connectivity index (χ0) is 21.0. The van der Waals surface area contributed by atoms with E-state index in [0.29, 0.717) is 17.0 Å². The molecule has 1 aromatic heterocycles. The number of carbonyl (C=O) groups is 1. The predicted octanol–water partition coefficient (Wildman–Crippen LogP) is 3.58. The number of nitrogens with zero attached hydrogens (tertiary/aromatic N) is 2. The van der Waals surface area contributed by atoms with E-state index in [-0.39, 0.29) is 12.2 Å². The van der Waals surface area contributed by atoms with Crippen molar-refractivity contribution in [3.63, 3.8) is 0 Å². The Labute approximate surface area is 163 Å². The third-order valence-electron chi connectivity index (χ3n) is 4.08. The van der Waals surface area contributed by atoms with E-state index < -0.39 is 23.2 Å². The molecule has 1 N–H and O–H groups in total. The van der Waals surface area contributed by atoms with Crippen molar-refractivity contribution >= 4 is 11.6 Å². The number of methoxy groups -OCH3 is 1. The van der Waals surface area contributed by atoms with Gasteiger partial charge in [-0.1, -0.05) is 24.3 Å². The molecule has 3 rings (SSSR count). The van der Waals surface area contributed by atoms with Crippen LogP contribution in [0.5, 0.6) is 5.75 Å². The Bertz CT molecular complexity index is 1080. The quantitative estimate of drug-likeness (QED) is 0.707. The average molecular weight is 403 g/mol. The molecule has 0 fully saturated rings. The molecular weight excluding hydrogens is 387 g/mol. The van der Waals surface area contributed by atoms with Crippen molar-refractivity contribution in [2.24, 2.45) is 0 Å². The van der Waals surface area contributed by atoms with Crippen LogP contribution in [0, 0.1) is 0 Å². The molecular formula is C20H16F3N3O3. The lowest BCUT2D eigenvalue weighted by Crippen LogP contribution is -2.27. The van der Waals surface area contributed by atoms with E-state index in [0.717, 1.165) is 16.7 Å². The highest BCUT2D eigenvalue weighted by molar-refractivity contribution is 5.92. The van der Waals surface area contributed by atoms with Crippen LogP contribution in [0.4, 0.5) is 18.9 Å². The zero-order valence-corrected chi connectivity index (χ0v) is 15.2. The molecule has 1 amide bonds. The predicted molar refractivity (Wildman–Crippen MR) is 101 cm³/mol. The number of amides is 1. The van der Waals surface area contributed by atoms with E-state index in [1.807, 2.05) is 0 Å². The SMILES string of the molecule is COc1ccccc1NC(=O)Cn1cnc(-c2ccc(C(F)(F)F)cc2)cc1=O. The lowest BCUT2D eigenvalue weighted by atomic mass is 10.1. The number of aromatic nitrogens is 2. The maximum absolute atomic E-state index is 12.6. The molecule has 0 unspecified atom stereocenters. The molecule has 1 heterocycles. The van der Waals surface area contributed by atoms with Crippen molar-refractivity contribution in [1.82, 2.24) is 9.55 Å². The first kappa shape index (κ1) is 20.1. The van der Waals surface area contributed by atoms with Crippen LogP contribution in [0.25, 0.3) is 11.3 Å². The number of rotatable bonds is 5. The molecule has 0 radical (unpaired) electrons. The molecule has 150 valence electrons. The zero-order valence-electron chi connectivity index (χ0n) is 15.2. The number of carbonyl (C=O) groups excluding carboxylic acids is 1. The maximum Gasteiger partial charge on any atom is 0.416 e. The minimum Gasteiger partial charge on any atom is -0.495 e. The second-order valence-corrected chi connectivity index (χ2v) is 6.06. The van der Waals surface area contributed by atoms with Gasteiger partial charge in [-0.25, -0.2) is 4.98 Å². The molecule has 0 aliphatic heterocycles. The number of anilines is 1. The number of nitrogens with one attached hydrogen (secondary N) is 1. The molecule has 9 heteroatoms. The number of para-hydroxylation sites is 2. The van der Waals surface area contributed by atoms with Crippen LogP contribution in [0.1, 0.15) is 5.56 Å². The van der Waals surface area contributed by atoms with Gasteiger partial charge in [0.05, 0.1) is 30.4 Å². The Morgan fingerprint density at radius 2 is 1.83 bits per heavy atom. The summed E-state index contributed by atoms with van der Waals surface area (Å²) in [5.41, 5.74) is -0.263. The van der Waals surface area contributed by atoms with Crippen LogP contribution in [0.3, 0.4) is 0 Å². The van der Waals surface area contributed by atoms with Crippen LogP contribution >= 0.6 is 0 Å². The van der Waals surface area contributed by atoms with Crippen molar-refractivity contribution in [3.05, 3.63) is 76.8 Å². The minimum atomic E-state index is -4.44. The number of hydrogen-bond donors (Lipinski definition) is 1. The van der Waals surface area contributed by atoms with Crippen molar-refractivity contribution in [1.29, 1.82) is 0 Å². The molecule has 0 saturated heterocycles. The number of halogens is 3. The Balaban J connectivity index is 1.74. The van der Waals surface area contributed by atoms with Crippen LogP contribution in [-0.4, -0.2) is 22.6 Å². The number of benzene rings is 2. The molecule has 29 heavy (non-hydrogen) atoms. The Morgan fingerprint density at radius 3 is 2.45 bits per heavy atom. The first-order valence-electron chi connectivity index (χ1n) is 8.45. The van der Waals surface area contributed by atoms with E-state index in [1.54, 1.807) is 24.3 Å². The second kappa shape index (κ2) is 8.17. The summed E-state index contributed by atoms with van der Waals surface area (Å²) in [4.78, 5) is 28.6. The van der Waals surface area contributed by atoms with Crippen LogP contribution < -0.4 is 15.6 Å². The van der Waals surface area contributed by atoms with Crippen LogP contribution in [0.2, 0.25) is 0 Å². The summed E-state index contributed by atoms with van der Waals surface area (Å²) in [7, 11) is 1.47. The first-order chi connectivity index (χ1) is 13.8. The summed E-state index contributed by atoms with van der Waals surface area (Å²) in [5, 5.41) is 2.65. The van der Waals surface area contributed by atoms with Gasteiger partial charge in [0.1, 0.15) is 12.3 Å². The van der Waals surface area contributed by atoms with E-state index >= 15 is 0 Å². The molecule has 3 aromatic rings. The number of ether oxygens (including phenoxy) is 1. The van der Waals surface area contributed by atoms with Gasteiger partial charge in [0.15, 0.2) is 0 Å².